The summed E-state index contributed by atoms with van der Waals surface area (Å²) in [5.41, 5.74) is 6.81. The Morgan fingerprint density at radius 3 is 2.75 bits per heavy atom. The third kappa shape index (κ3) is 3.96. The second kappa shape index (κ2) is 8.33. The van der Waals surface area contributed by atoms with Crippen LogP contribution in [0.15, 0.2) is 36.8 Å². The third-order valence-electron chi connectivity index (χ3n) is 6.19. The molecule has 0 saturated heterocycles. The van der Waals surface area contributed by atoms with Crippen LogP contribution in [0.4, 0.5) is 24.8 Å². The van der Waals surface area contributed by atoms with Gasteiger partial charge in [0.25, 0.3) is 0 Å². The van der Waals surface area contributed by atoms with Gasteiger partial charge in [0.05, 0.1) is 16.3 Å². The third-order valence-corrected chi connectivity index (χ3v) is 6.51. The van der Waals surface area contributed by atoms with E-state index in [0.29, 0.717) is 22.5 Å². The molecule has 1 amide bonds. The molecule has 1 unspecified atom stereocenters. The normalized spacial score (nSPS) is 17.4. The van der Waals surface area contributed by atoms with Gasteiger partial charge in [-0.3, -0.25) is 4.79 Å². The van der Waals surface area contributed by atoms with Crippen LogP contribution < -0.4 is 11.1 Å². The summed E-state index contributed by atoms with van der Waals surface area (Å²) in [4.78, 5) is 30.6. The Labute approximate surface area is 207 Å². The summed E-state index contributed by atoms with van der Waals surface area (Å²) >= 11 is 5.92. The van der Waals surface area contributed by atoms with E-state index in [1.807, 2.05) is 0 Å². The molecule has 4 heterocycles. The number of rotatable bonds is 5. The van der Waals surface area contributed by atoms with Crippen LogP contribution in [0.3, 0.4) is 0 Å². The molecule has 4 aromatic rings. The number of carbonyl (C=O) groups excluding carboxylic acids is 1. The van der Waals surface area contributed by atoms with E-state index in [2.05, 4.69) is 25.3 Å². The maximum atomic E-state index is 13.1. The number of nitrogens with two attached hydrogens (primary N) is 1. The first-order chi connectivity index (χ1) is 17.0. The highest BCUT2D eigenvalue weighted by atomic mass is 35.5. The Hall–Kier alpha value is -3.93. The van der Waals surface area contributed by atoms with E-state index >= 15 is 0 Å². The monoisotopic (exact) mass is 517 g/mol. The van der Waals surface area contributed by atoms with E-state index in [0.717, 1.165) is 0 Å². The number of nitrogens with zero attached hydrogens (tertiary/aromatic N) is 5. The molecule has 0 bridgehead atoms. The van der Waals surface area contributed by atoms with Crippen molar-refractivity contribution in [3.63, 3.8) is 0 Å². The molecule has 4 N–H and O–H groups in total. The second-order valence-corrected chi connectivity index (χ2v) is 9.01. The average Bonchev–Trinajstić information content (AvgIpc) is 3.37. The van der Waals surface area contributed by atoms with Crippen molar-refractivity contribution >= 4 is 34.8 Å². The number of fused-ring (bicyclic) bond motifs is 2. The van der Waals surface area contributed by atoms with Crippen molar-refractivity contribution in [3.8, 4) is 17.3 Å². The van der Waals surface area contributed by atoms with E-state index < -0.39 is 23.9 Å². The lowest BCUT2D eigenvalue weighted by molar-refractivity contribution is -0.135. The van der Waals surface area contributed by atoms with Crippen LogP contribution in [-0.4, -0.2) is 41.5 Å². The van der Waals surface area contributed by atoms with Crippen molar-refractivity contribution in [2.24, 2.45) is 0 Å². The Bertz CT molecular complexity index is 1520. The van der Waals surface area contributed by atoms with Crippen LogP contribution in [0.5, 0.6) is 5.75 Å². The molecule has 0 radical (unpaired) electrons. The fourth-order valence-corrected chi connectivity index (χ4v) is 4.47. The summed E-state index contributed by atoms with van der Waals surface area (Å²) in [6, 6.07) is 4.46. The van der Waals surface area contributed by atoms with Gasteiger partial charge in [0.1, 0.15) is 28.5 Å². The number of phenols is 1. The van der Waals surface area contributed by atoms with Gasteiger partial charge in [0.2, 0.25) is 5.91 Å². The van der Waals surface area contributed by atoms with Crippen molar-refractivity contribution in [3.05, 3.63) is 58.6 Å². The predicted octanol–water partition coefficient (Wildman–Crippen LogP) is 4.27. The fourth-order valence-electron chi connectivity index (χ4n) is 4.35. The minimum atomic E-state index is -4.27. The van der Waals surface area contributed by atoms with Gasteiger partial charge in [-0.1, -0.05) is 17.7 Å². The molecular formula is C23H19ClF3N7O2. The van der Waals surface area contributed by atoms with Crippen LogP contribution in [0.1, 0.15) is 36.6 Å². The largest absolute Gasteiger partial charge is 0.506 e. The lowest BCUT2D eigenvalue weighted by atomic mass is 9.77. The first kappa shape index (κ1) is 23.8. The zero-order chi connectivity index (χ0) is 25.8. The Kier molecular flexibility index (Phi) is 5.51. The van der Waals surface area contributed by atoms with Crippen molar-refractivity contribution in [1.29, 1.82) is 0 Å². The Morgan fingerprint density at radius 1 is 1.25 bits per heavy atom. The SMILES string of the molecule is CC1(c2ccc(Cl)c(O)c2)C(=O)Nc2nc(-c3cn4ccnc4c(CCCC(F)(F)F)n3)nc(N)c21. The lowest BCUT2D eigenvalue weighted by Crippen LogP contribution is -2.32. The van der Waals surface area contributed by atoms with Crippen molar-refractivity contribution in [2.45, 2.75) is 37.8 Å². The number of anilines is 2. The number of nitrogens with one attached hydrogen (secondary N) is 1. The van der Waals surface area contributed by atoms with E-state index in [9.17, 15) is 23.1 Å². The molecule has 3 aromatic heterocycles. The highest BCUT2D eigenvalue weighted by Gasteiger charge is 2.47. The fraction of sp³-hybridized carbons (Fsp3) is 0.261. The number of alkyl halides is 3. The molecule has 0 aliphatic carbocycles. The maximum absolute atomic E-state index is 13.1. The zero-order valence-electron chi connectivity index (χ0n) is 18.8. The molecule has 1 atom stereocenters. The minimum Gasteiger partial charge on any atom is -0.506 e. The molecule has 0 fully saturated rings. The molecule has 5 rings (SSSR count). The predicted molar refractivity (Wildman–Crippen MR) is 126 cm³/mol. The van der Waals surface area contributed by atoms with Crippen LogP contribution in [-0.2, 0) is 16.6 Å². The number of amides is 1. The lowest BCUT2D eigenvalue weighted by Gasteiger charge is -2.23. The smallest absolute Gasteiger partial charge is 0.389 e. The number of carbonyl (C=O) groups is 1. The number of hydrogen-bond acceptors (Lipinski definition) is 7. The van der Waals surface area contributed by atoms with Crippen LogP contribution >= 0.6 is 11.6 Å². The first-order valence-electron chi connectivity index (χ1n) is 10.9. The molecule has 36 heavy (non-hydrogen) atoms. The summed E-state index contributed by atoms with van der Waals surface area (Å²) in [6.45, 7) is 1.63. The first-order valence-corrected chi connectivity index (χ1v) is 11.2. The van der Waals surface area contributed by atoms with Gasteiger partial charge in [0, 0.05) is 25.0 Å². The number of aryl methyl sites for hydroxylation is 1. The highest BCUT2D eigenvalue weighted by Crippen LogP contribution is 2.46. The molecule has 186 valence electrons. The summed E-state index contributed by atoms with van der Waals surface area (Å²) in [7, 11) is 0. The second-order valence-electron chi connectivity index (χ2n) is 8.60. The number of aromatic nitrogens is 5. The van der Waals surface area contributed by atoms with Crippen molar-refractivity contribution in [2.75, 3.05) is 11.1 Å². The number of nitrogen functional groups attached to an aromatic ring is 1. The van der Waals surface area contributed by atoms with Crippen molar-refractivity contribution < 1.29 is 23.1 Å². The topological polar surface area (TPSA) is 131 Å². The zero-order valence-corrected chi connectivity index (χ0v) is 19.5. The number of imidazole rings is 1. The molecule has 13 heteroatoms. The van der Waals surface area contributed by atoms with E-state index in [1.165, 1.54) is 18.3 Å². The van der Waals surface area contributed by atoms with Crippen LogP contribution in [0.2, 0.25) is 5.02 Å². The summed E-state index contributed by atoms with van der Waals surface area (Å²) < 4.78 is 39.6. The Balaban J connectivity index is 1.57. The van der Waals surface area contributed by atoms with Crippen LogP contribution in [0.25, 0.3) is 17.2 Å². The van der Waals surface area contributed by atoms with Gasteiger partial charge in [-0.25, -0.2) is 19.9 Å². The van der Waals surface area contributed by atoms with Crippen molar-refractivity contribution in [1.82, 2.24) is 24.3 Å². The maximum Gasteiger partial charge on any atom is 0.389 e. The number of hydrogen-bond donors (Lipinski definition) is 3. The quantitative estimate of drug-likeness (QED) is 0.360. The highest BCUT2D eigenvalue weighted by molar-refractivity contribution is 6.32. The molecule has 1 aliphatic heterocycles. The number of aromatic hydroxyl groups is 1. The van der Waals surface area contributed by atoms with Gasteiger partial charge in [0.15, 0.2) is 11.5 Å². The standard InChI is InChI=1S/C23H19ClF3N7O2/c1-22(11-4-5-12(24)15(35)9-11)16-17(28)31-18(32-19(16)33-21(22)36)14-10-34-8-7-29-20(34)13(30-14)3-2-6-23(25,26)27/h4-5,7-10,35H,2-3,6H2,1H3,(H3,28,31,32,33,36). The number of benzene rings is 1. The molecule has 0 saturated carbocycles. The van der Waals surface area contributed by atoms with E-state index in [-0.39, 0.29) is 46.8 Å². The molecule has 9 nitrogen and oxygen atoms in total. The van der Waals surface area contributed by atoms with Gasteiger partial charge < -0.3 is 20.6 Å². The van der Waals surface area contributed by atoms with Gasteiger partial charge >= 0.3 is 6.18 Å². The average molecular weight is 518 g/mol. The molecule has 1 aromatic carbocycles. The van der Waals surface area contributed by atoms with E-state index in [4.69, 9.17) is 17.3 Å². The van der Waals surface area contributed by atoms with E-state index in [1.54, 1.807) is 29.8 Å². The summed E-state index contributed by atoms with van der Waals surface area (Å²) in [5, 5.41) is 12.9. The number of halogens is 4. The summed E-state index contributed by atoms with van der Waals surface area (Å²) in [6.07, 6.45) is -0.591. The Morgan fingerprint density at radius 2 is 2.03 bits per heavy atom. The minimum absolute atomic E-state index is 0.0106. The molecule has 0 spiro atoms. The summed E-state index contributed by atoms with van der Waals surface area (Å²) in [5.74, 6) is -0.351. The van der Waals surface area contributed by atoms with Crippen LogP contribution in [0, 0.1) is 0 Å². The molecule has 1 aliphatic rings. The molecular weight excluding hydrogens is 499 g/mol. The van der Waals surface area contributed by atoms with Gasteiger partial charge in [-0.2, -0.15) is 13.2 Å². The van der Waals surface area contributed by atoms with Gasteiger partial charge in [-0.15, -0.1) is 0 Å². The number of phenolic OH excluding ortho intramolecular Hbond substituents is 1. The van der Waals surface area contributed by atoms with Gasteiger partial charge in [-0.05, 0) is 37.5 Å².